The molecule has 5 rings (SSSR count). The SMILES string of the molecule is CCOc1cc(C2C(C(=O)c3cc4ccccc4o3)=C(O)C(=O)N2c2cc(Cl)ccc2C)ccc1O. The Balaban J connectivity index is 1.70. The Hall–Kier alpha value is -4.23. The quantitative estimate of drug-likeness (QED) is 0.300. The minimum atomic E-state index is -1.03. The van der Waals surface area contributed by atoms with Crippen LogP contribution in [-0.2, 0) is 4.79 Å². The van der Waals surface area contributed by atoms with Crippen molar-refractivity contribution < 1.29 is 29.0 Å². The van der Waals surface area contributed by atoms with Crippen LogP contribution < -0.4 is 9.64 Å². The van der Waals surface area contributed by atoms with Gasteiger partial charge >= 0.3 is 0 Å². The van der Waals surface area contributed by atoms with E-state index in [4.69, 9.17) is 20.8 Å². The molecule has 0 spiro atoms. The summed E-state index contributed by atoms with van der Waals surface area (Å²) < 4.78 is 11.3. The maximum atomic E-state index is 13.8. The molecule has 2 N–H and O–H groups in total. The third-order valence-corrected chi connectivity index (χ3v) is 6.37. The number of hydrogen-bond donors (Lipinski definition) is 2. The Morgan fingerprint density at radius 2 is 1.86 bits per heavy atom. The van der Waals surface area contributed by atoms with E-state index in [1.807, 2.05) is 6.07 Å². The number of nitrogens with zero attached hydrogens (tertiary/aromatic N) is 1. The average molecular weight is 504 g/mol. The van der Waals surface area contributed by atoms with Crippen LogP contribution in [0.4, 0.5) is 5.69 Å². The third-order valence-electron chi connectivity index (χ3n) is 6.13. The zero-order chi connectivity index (χ0) is 25.6. The Bertz CT molecular complexity index is 1520. The van der Waals surface area contributed by atoms with E-state index in [1.165, 1.54) is 11.0 Å². The fourth-order valence-electron chi connectivity index (χ4n) is 4.44. The molecule has 1 aromatic heterocycles. The van der Waals surface area contributed by atoms with Crippen LogP contribution in [0.5, 0.6) is 11.5 Å². The molecule has 0 fully saturated rings. The number of Topliss-reactive ketones (excluding diaryl/α,β-unsaturated/α-hetero) is 1. The second-order valence-electron chi connectivity index (χ2n) is 8.41. The number of amides is 1. The van der Waals surface area contributed by atoms with Gasteiger partial charge in [-0.15, -0.1) is 0 Å². The highest BCUT2D eigenvalue weighted by Gasteiger charge is 2.46. The number of aromatic hydroxyl groups is 1. The van der Waals surface area contributed by atoms with E-state index in [1.54, 1.807) is 68.4 Å². The van der Waals surface area contributed by atoms with E-state index in [2.05, 4.69) is 0 Å². The number of para-hydroxylation sites is 1. The Kier molecular flexibility index (Phi) is 5.94. The Morgan fingerprint density at radius 1 is 1.08 bits per heavy atom. The minimum Gasteiger partial charge on any atom is -0.504 e. The number of hydrogen-bond acceptors (Lipinski definition) is 6. The molecule has 0 aliphatic carbocycles. The predicted molar refractivity (Wildman–Crippen MR) is 136 cm³/mol. The first-order chi connectivity index (χ1) is 17.3. The number of rotatable bonds is 6. The molecule has 182 valence electrons. The summed E-state index contributed by atoms with van der Waals surface area (Å²) >= 11 is 6.25. The summed E-state index contributed by atoms with van der Waals surface area (Å²) in [5.74, 6) is -1.98. The van der Waals surface area contributed by atoms with E-state index in [0.29, 0.717) is 39.4 Å². The lowest BCUT2D eigenvalue weighted by atomic mass is 9.94. The third kappa shape index (κ3) is 3.87. The number of aryl methyl sites for hydroxylation is 1. The van der Waals surface area contributed by atoms with Gasteiger partial charge in [0, 0.05) is 16.1 Å². The van der Waals surface area contributed by atoms with E-state index in [9.17, 15) is 19.8 Å². The number of fused-ring (bicyclic) bond motifs is 1. The molecule has 0 bridgehead atoms. The fourth-order valence-corrected chi connectivity index (χ4v) is 4.61. The average Bonchev–Trinajstić information content (AvgIpc) is 3.41. The van der Waals surface area contributed by atoms with Gasteiger partial charge in [-0.3, -0.25) is 14.5 Å². The van der Waals surface area contributed by atoms with Crippen molar-refractivity contribution in [3.8, 4) is 11.5 Å². The molecule has 36 heavy (non-hydrogen) atoms. The Labute approximate surface area is 211 Å². The van der Waals surface area contributed by atoms with Gasteiger partial charge in [0.25, 0.3) is 5.91 Å². The van der Waals surface area contributed by atoms with E-state index in [-0.39, 0.29) is 22.8 Å². The molecular formula is C28H22ClNO6. The zero-order valence-electron chi connectivity index (χ0n) is 19.5. The molecule has 0 saturated carbocycles. The van der Waals surface area contributed by atoms with Gasteiger partial charge in [-0.2, -0.15) is 0 Å². The summed E-state index contributed by atoms with van der Waals surface area (Å²) in [4.78, 5) is 28.6. The van der Waals surface area contributed by atoms with Gasteiger partial charge in [0.1, 0.15) is 5.58 Å². The van der Waals surface area contributed by atoms with E-state index in [0.717, 1.165) is 0 Å². The van der Waals surface area contributed by atoms with Crippen LogP contribution in [0.25, 0.3) is 11.0 Å². The Morgan fingerprint density at radius 3 is 2.61 bits per heavy atom. The van der Waals surface area contributed by atoms with Gasteiger partial charge in [0.15, 0.2) is 23.0 Å². The lowest BCUT2D eigenvalue weighted by Gasteiger charge is -2.28. The van der Waals surface area contributed by atoms with Gasteiger partial charge in [0.2, 0.25) is 5.78 Å². The van der Waals surface area contributed by atoms with E-state index < -0.39 is 23.5 Å². The standard InChI is InChI=1S/C28H22ClNO6/c1-3-35-22-13-17(9-11-20(22)31)25-24(26(32)23-12-16-6-4-5-7-21(16)36-23)27(33)28(34)30(25)19-14-18(29)10-8-15(19)2/h4-14,25,31,33H,3H2,1-2H3. The van der Waals surface area contributed by atoms with Crippen LogP contribution in [0.1, 0.15) is 34.6 Å². The number of aliphatic hydroxyl groups excluding tert-OH is 1. The highest BCUT2D eigenvalue weighted by atomic mass is 35.5. The smallest absolute Gasteiger partial charge is 0.294 e. The topological polar surface area (TPSA) is 100 Å². The number of anilines is 1. The van der Waals surface area contributed by atoms with Crippen molar-refractivity contribution in [2.75, 3.05) is 11.5 Å². The van der Waals surface area contributed by atoms with Crippen molar-refractivity contribution in [3.63, 3.8) is 0 Å². The second-order valence-corrected chi connectivity index (χ2v) is 8.84. The van der Waals surface area contributed by atoms with Crippen molar-refractivity contribution >= 4 is 39.9 Å². The molecule has 3 aromatic carbocycles. The molecule has 1 aliphatic heterocycles. The number of phenolic OH excluding ortho intramolecular Hbond substituents is 1. The number of halogens is 1. The first-order valence-corrected chi connectivity index (χ1v) is 11.7. The van der Waals surface area contributed by atoms with Crippen molar-refractivity contribution in [1.82, 2.24) is 0 Å². The fraction of sp³-hybridized carbons (Fsp3) is 0.143. The van der Waals surface area contributed by atoms with Gasteiger partial charge in [0.05, 0.1) is 18.2 Å². The molecule has 1 aliphatic rings. The number of benzene rings is 3. The predicted octanol–water partition coefficient (Wildman–Crippen LogP) is 6.28. The molecule has 0 radical (unpaired) electrons. The van der Waals surface area contributed by atoms with Crippen molar-refractivity contribution in [2.45, 2.75) is 19.9 Å². The van der Waals surface area contributed by atoms with Gasteiger partial charge in [-0.25, -0.2) is 0 Å². The first kappa shape index (κ1) is 23.5. The summed E-state index contributed by atoms with van der Waals surface area (Å²) in [5.41, 5.74) is 1.96. The molecule has 0 saturated heterocycles. The van der Waals surface area contributed by atoms with Crippen LogP contribution in [0, 0.1) is 6.92 Å². The zero-order valence-corrected chi connectivity index (χ0v) is 20.2. The maximum Gasteiger partial charge on any atom is 0.294 e. The molecule has 1 amide bonds. The van der Waals surface area contributed by atoms with Gasteiger partial charge < -0.3 is 19.4 Å². The number of aliphatic hydroxyl groups is 1. The molecule has 7 nitrogen and oxygen atoms in total. The molecule has 2 heterocycles. The normalized spacial score (nSPS) is 15.7. The molecule has 1 atom stereocenters. The molecule has 4 aromatic rings. The monoisotopic (exact) mass is 503 g/mol. The largest absolute Gasteiger partial charge is 0.504 e. The number of ether oxygens (including phenoxy) is 1. The minimum absolute atomic E-state index is 0.0102. The molecule has 8 heteroatoms. The molecule has 1 unspecified atom stereocenters. The summed E-state index contributed by atoms with van der Waals surface area (Å²) in [6, 6.07) is 17.3. The van der Waals surface area contributed by atoms with Crippen molar-refractivity contribution in [2.24, 2.45) is 0 Å². The summed E-state index contributed by atoms with van der Waals surface area (Å²) in [5, 5.41) is 22.4. The maximum absolute atomic E-state index is 13.8. The number of ketones is 1. The summed E-state index contributed by atoms with van der Waals surface area (Å²) in [6.07, 6.45) is 0. The lowest BCUT2D eigenvalue weighted by molar-refractivity contribution is -0.117. The van der Waals surface area contributed by atoms with Crippen LogP contribution in [0.3, 0.4) is 0 Å². The number of carbonyl (C=O) groups excluding carboxylic acids is 2. The lowest BCUT2D eigenvalue weighted by Crippen LogP contribution is -2.31. The van der Waals surface area contributed by atoms with Crippen LogP contribution >= 0.6 is 11.6 Å². The number of phenols is 1. The highest BCUT2D eigenvalue weighted by molar-refractivity contribution is 6.31. The molecular weight excluding hydrogens is 482 g/mol. The van der Waals surface area contributed by atoms with Crippen LogP contribution in [0.2, 0.25) is 5.02 Å². The highest BCUT2D eigenvalue weighted by Crippen LogP contribution is 2.45. The van der Waals surface area contributed by atoms with Crippen LogP contribution in [0.15, 0.2) is 82.5 Å². The van der Waals surface area contributed by atoms with Crippen LogP contribution in [-0.4, -0.2) is 28.5 Å². The van der Waals surface area contributed by atoms with Gasteiger partial charge in [-0.1, -0.05) is 41.9 Å². The summed E-state index contributed by atoms with van der Waals surface area (Å²) in [6.45, 7) is 3.87. The second kappa shape index (κ2) is 9.09. The van der Waals surface area contributed by atoms with Crippen molar-refractivity contribution in [1.29, 1.82) is 0 Å². The van der Waals surface area contributed by atoms with E-state index >= 15 is 0 Å². The summed E-state index contributed by atoms with van der Waals surface area (Å²) in [7, 11) is 0. The number of carbonyl (C=O) groups is 2. The number of furan rings is 1. The van der Waals surface area contributed by atoms with Gasteiger partial charge in [-0.05, 0) is 61.4 Å². The first-order valence-electron chi connectivity index (χ1n) is 11.3. The van der Waals surface area contributed by atoms with Crippen molar-refractivity contribution in [3.05, 3.63) is 100.0 Å².